The van der Waals surface area contributed by atoms with Crippen LogP contribution in [0.3, 0.4) is 0 Å². The zero-order valence-electron chi connectivity index (χ0n) is 20.1. The largest absolute Gasteiger partial charge is 0.511 e. The van der Waals surface area contributed by atoms with Crippen LogP contribution in [-0.2, 0) is 19.1 Å². The summed E-state index contributed by atoms with van der Waals surface area (Å²) in [6.45, 7) is 13.8. The number of aliphatic hydroxyl groups is 1. The molecule has 5 nitrogen and oxygen atoms in total. The number of hydrogen-bond acceptors (Lipinski definition) is 5. The SMILES string of the molecule is COC(=O)[C@@]12C(=O)C(C)=C(O)[C@]1(C)C(C)=C[C@H]1[C@]3(C)CCC(=O)C(C)(C)[C@H]3CC[C@@]12C. The number of ketones is 2. The minimum absolute atomic E-state index is 0.0113. The maximum atomic E-state index is 13.9. The van der Waals surface area contributed by atoms with Gasteiger partial charge in [-0.15, -0.1) is 0 Å². The molecule has 0 amide bonds. The molecule has 0 aromatic rings. The summed E-state index contributed by atoms with van der Waals surface area (Å²) < 4.78 is 5.34. The standard InChI is InChI=1S/C26H36O5/c1-14-13-17-23(5)11-10-18(27)22(3,4)16(23)9-12-24(17,6)26(21(30)31-8)20(29)15(2)19(28)25(14,26)7/h13,16-17,28H,9-12H2,1-8H3/t16-,17+,23-,24+,25+,26-/m1/s1. The van der Waals surface area contributed by atoms with Gasteiger partial charge in [0.2, 0.25) is 0 Å². The molecule has 4 rings (SSSR count). The van der Waals surface area contributed by atoms with E-state index in [-0.39, 0.29) is 34.4 Å². The molecular formula is C26H36O5. The topological polar surface area (TPSA) is 80.7 Å². The van der Waals surface area contributed by atoms with Crippen LogP contribution >= 0.6 is 0 Å². The predicted molar refractivity (Wildman–Crippen MR) is 117 cm³/mol. The van der Waals surface area contributed by atoms with Crippen LogP contribution < -0.4 is 0 Å². The molecule has 0 unspecified atom stereocenters. The number of allylic oxidation sites excluding steroid dienone is 3. The monoisotopic (exact) mass is 428 g/mol. The fraction of sp³-hybridized carbons (Fsp3) is 0.731. The molecule has 2 saturated carbocycles. The molecule has 0 bridgehead atoms. The average Bonchev–Trinajstić information content (AvgIpc) is 2.86. The Hall–Kier alpha value is -1.91. The smallest absolute Gasteiger partial charge is 0.321 e. The Morgan fingerprint density at radius 2 is 1.71 bits per heavy atom. The Morgan fingerprint density at radius 1 is 1.10 bits per heavy atom. The number of fused-ring (bicyclic) bond motifs is 5. The van der Waals surface area contributed by atoms with Crippen molar-refractivity contribution in [3.05, 3.63) is 23.0 Å². The second-order valence-corrected chi connectivity index (χ2v) is 11.7. The van der Waals surface area contributed by atoms with E-state index in [0.29, 0.717) is 18.6 Å². The van der Waals surface area contributed by atoms with Gasteiger partial charge in [-0.1, -0.05) is 39.3 Å². The van der Waals surface area contributed by atoms with Crippen LogP contribution in [0, 0.1) is 38.9 Å². The van der Waals surface area contributed by atoms with Gasteiger partial charge in [-0.2, -0.15) is 0 Å². The molecule has 0 aromatic heterocycles. The van der Waals surface area contributed by atoms with Crippen molar-refractivity contribution in [2.24, 2.45) is 38.9 Å². The molecular weight excluding hydrogens is 392 g/mol. The molecule has 170 valence electrons. The van der Waals surface area contributed by atoms with Gasteiger partial charge in [0.05, 0.1) is 12.5 Å². The van der Waals surface area contributed by atoms with Crippen molar-refractivity contribution in [3.8, 4) is 0 Å². The van der Waals surface area contributed by atoms with Gasteiger partial charge in [0, 0.05) is 17.4 Å². The van der Waals surface area contributed by atoms with E-state index in [1.807, 2.05) is 20.8 Å². The first-order valence-corrected chi connectivity index (χ1v) is 11.4. The van der Waals surface area contributed by atoms with E-state index in [1.165, 1.54) is 7.11 Å². The lowest BCUT2D eigenvalue weighted by atomic mass is 9.34. The summed E-state index contributed by atoms with van der Waals surface area (Å²) in [6, 6.07) is 0. The lowest BCUT2D eigenvalue weighted by molar-refractivity contribution is -0.205. The highest BCUT2D eigenvalue weighted by Gasteiger charge is 2.80. The van der Waals surface area contributed by atoms with E-state index in [9.17, 15) is 19.5 Å². The van der Waals surface area contributed by atoms with Crippen molar-refractivity contribution in [1.82, 2.24) is 0 Å². The number of aliphatic hydroxyl groups excluding tert-OH is 1. The van der Waals surface area contributed by atoms with Crippen molar-refractivity contribution in [2.45, 2.75) is 74.1 Å². The molecule has 6 atom stereocenters. The van der Waals surface area contributed by atoms with Gasteiger partial charge < -0.3 is 9.84 Å². The molecule has 0 spiro atoms. The zero-order chi connectivity index (χ0) is 23.4. The highest BCUT2D eigenvalue weighted by Crippen LogP contribution is 2.76. The Bertz CT molecular complexity index is 970. The first-order chi connectivity index (χ1) is 14.2. The van der Waals surface area contributed by atoms with Gasteiger partial charge in [-0.25, -0.2) is 0 Å². The lowest BCUT2D eigenvalue weighted by Crippen LogP contribution is -2.69. The molecule has 0 saturated heterocycles. The number of ether oxygens (including phenoxy) is 1. The summed E-state index contributed by atoms with van der Waals surface area (Å²) in [5, 5.41) is 11.2. The second-order valence-electron chi connectivity index (χ2n) is 11.7. The number of Topliss-reactive ketones (excluding diaryl/α,β-unsaturated/α-hetero) is 2. The third kappa shape index (κ3) is 2.07. The summed E-state index contributed by atoms with van der Waals surface area (Å²) in [4.78, 5) is 40.4. The number of rotatable bonds is 1. The molecule has 4 aliphatic rings. The molecule has 5 heteroatoms. The second kappa shape index (κ2) is 6.11. The number of esters is 1. The Kier molecular flexibility index (Phi) is 4.39. The summed E-state index contributed by atoms with van der Waals surface area (Å²) in [7, 11) is 1.33. The third-order valence-corrected chi connectivity index (χ3v) is 10.4. The van der Waals surface area contributed by atoms with Crippen molar-refractivity contribution in [3.63, 3.8) is 0 Å². The Balaban J connectivity index is 2.04. The number of carbonyl (C=O) groups excluding carboxylic acids is 3. The van der Waals surface area contributed by atoms with Crippen molar-refractivity contribution in [2.75, 3.05) is 7.11 Å². The summed E-state index contributed by atoms with van der Waals surface area (Å²) in [5.74, 6) is -0.496. The van der Waals surface area contributed by atoms with E-state index in [4.69, 9.17) is 4.74 Å². The van der Waals surface area contributed by atoms with E-state index in [2.05, 4.69) is 26.8 Å². The molecule has 0 aromatic carbocycles. The number of carbonyl (C=O) groups is 3. The first-order valence-electron chi connectivity index (χ1n) is 11.4. The molecule has 1 N–H and O–H groups in total. The minimum atomic E-state index is -1.51. The molecule has 2 fully saturated rings. The van der Waals surface area contributed by atoms with Crippen molar-refractivity contribution < 1.29 is 24.2 Å². The van der Waals surface area contributed by atoms with Crippen LogP contribution in [0.1, 0.15) is 74.1 Å². The van der Waals surface area contributed by atoms with Crippen LogP contribution in [0.25, 0.3) is 0 Å². The molecule has 0 radical (unpaired) electrons. The normalized spacial score (nSPS) is 46.1. The fourth-order valence-corrected chi connectivity index (χ4v) is 8.66. The molecule has 4 aliphatic carbocycles. The predicted octanol–water partition coefficient (Wildman–Crippen LogP) is 4.95. The van der Waals surface area contributed by atoms with E-state index in [1.54, 1.807) is 6.92 Å². The fourth-order valence-electron chi connectivity index (χ4n) is 8.66. The van der Waals surface area contributed by atoms with Crippen molar-refractivity contribution in [1.29, 1.82) is 0 Å². The lowest BCUT2D eigenvalue weighted by Gasteiger charge is -2.68. The minimum Gasteiger partial charge on any atom is -0.511 e. The number of methoxy groups -OCH3 is 1. The van der Waals surface area contributed by atoms with Gasteiger partial charge >= 0.3 is 5.97 Å². The van der Waals surface area contributed by atoms with Gasteiger partial charge in [0.1, 0.15) is 11.5 Å². The van der Waals surface area contributed by atoms with Gasteiger partial charge in [0.15, 0.2) is 11.2 Å². The zero-order valence-corrected chi connectivity index (χ0v) is 20.1. The molecule has 31 heavy (non-hydrogen) atoms. The maximum absolute atomic E-state index is 13.9. The van der Waals surface area contributed by atoms with Crippen LogP contribution in [0.2, 0.25) is 0 Å². The summed E-state index contributed by atoms with van der Waals surface area (Å²) >= 11 is 0. The van der Waals surface area contributed by atoms with Gasteiger partial charge in [-0.3, -0.25) is 14.4 Å². The summed E-state index contributed by atoms with van der Waals surface area (Å²) in [5.41, 5.74) is -2.96. The van der Waals surface area contributed by atoms with Crippen LogP contribution in [0.15, 0.2) is 23.0 Å². The number of hydrogen-bond donors (Lipinski definition) is 1. The summed E-state index contributed by atoms with van der Waals surface area (Å²) in [6.07, 6.45) is 4.84. The molecule has 0 heterocycles. The highest BCUT2D eigenvalue weighted by molar-refractivity contribution is 6.17. The van der Waals surface area contributed by atoms with Crippen LogP contribution in [0.4, 0.5) is 0 Å². The van der Waals surface area contributed by atoms with E-state index >= 15 is 0 Å². The van der Waals surface area contributed by atoms with E-state index in [0.717, 1.165) is 18.4 Å². The van der Waals surface area contributed by atoms with Crippen molar-refractivity contribution >= 4 is 17.5 Å². The van der Waals surface area contributed by atoms with Gasteiger partial charge in [-0.05, 0) is 62.7 Å². The highest BCUT2D eigenvalue weighted by atomic mass is 16.5. The van der Waals surface area contributed by atoms with E-state index < -0.39 is 27.6 Å². The Morgan fingerprint density at radius 3 is 2.29 bits per heavy atom. The van der Waals surface area contributed by atoms with Crippen LogP contribution in [-0.4, -0.2) is 29.8 Å². The molecule has 0 aliphatic heterocycles. The third-order valence-electron chi connectivity index (χ3n) is 10.4. The Labute approximate surface area is 185 Å². The quantitative estimate of drug-likeness (QED) is 0.363. The van der Waals surface area contributed by atoms with Crippen LogP contribution in [0.5, 0.6) is 0 Å². The first kappa shape index (κ1) is 22.3. The van der Waals surface area contributed by atoms with Gasteiger partial charge in [0.25, 0.3) is 0 Å². The average molecular weight is 429 g/mol. The maximum Gasteiger partial charge on any atom is 0.321 e.